The third kappa shape index (κ3) is 4.07. The maximum atomic E-state index is 12.9. The van der Waals surface area contributed by atoms with Crippen LogP contribution in [0.25, 0.3) is 5.69 Å². The number of aryl methyl sites for hydroxylation is 2. The van der Waals surface area contributed by atoms with Crippen LogP contribution >= 0.6 is 11.8 Å². The molecule has 0 unspecified atom stereocenters. The average Bonchev–Trinajstić information content (AvgIpc) is 3.24. The van der Waals surface area contributed by atoms with E-state index in [1.165, 1.54) is 17.3 Å². The summed E-state index contributed by atoms with van der Waals surface area (Å²) >= 11 is 1.29. The summed E-state index contributed by atoms with van der Waals surface area (Å²) in [5, 5.41) is 12.4. The van der Waals surface area contributed by atoms with Crippen LogP contribution in [0.4, 0.5) is 0 Å². The molecule has 1 atom stereocenters. The number of carbonyl (C=O) groups is 1. The number of sulfone groups is 1. The molecule has 1 aliphatic heterocycles. The first-order valence-corrected chi connectivity index (χ1v) is 12.1. The van der Waals surface area contributed by atoms with E-state index in [4.69, 9.17) is 0 Å². The molecule has 2 aliphatic rings. The zero-order chi connectivity index (χ0) is 19.9. The normalized spacial score (nSPS) is 21.0. The Balaban J connectivity index is 1.46. The molecule has 28 heavy (non-hydrogen) atoms. The number of nitrogens with zero attached hydrogens (tertiary/aromatic N) is 5. The van der Waals surface area contributed by atoms with E-state index in [2.05, 4.69) is 15.5 Å². The van der Waals surface area contributed by atoms with Crippen molar-refractivity contribution in [3.05, 3.63) is 29.3 Å². The van der Waals surface area contributed by atoms with Gasteiger partial charge in [0.05, 0.1) is 22.9 Å². The number of amides is 1. The lowest BCUT2D eigenvalue weighted by atomic mass is 10.1. The van der Waals surface area contributed by atoms with Crippen molar-refractivity contribution < 1.29 is 13.2 Å². The minimum absolute atomic E-state index is 0.0377. The lowest BCUT2D eigenvalue weighted by molar-refractivity contribution is -0.130. The summed E-state index contributed by atoms with van der Waals surface area (Å²) < 4.78 is 25.3. The highest BCUT2D eigenvalue weighted by Gasteiger charge is 2.42. The van der Waals surface area contributed by atoms with E-state index in [0.717, 1.165) is 24.1 Å². The van der Waals surface area contributed by atoms with E-state index in [-0.39, 0.29) is 35.2 Å². The Kier molecular flexibility index (Phi) is 5.17. The van der Waals surface area contributed by atoms with Crippen LogP contribution < -0.4 is 0 Å². The molecule has 2 fully saturated rings. The smallest absolute Gasteiger partial charge is 0.233 e. The van der Waals surface area contributed by atoms with E-state index in [1.807, 2.05) is 36.9 Å². The van der Waals surface area contributed by atoms with Crippen molar-refractivity contribution in [3.8, 4) is 5.69 Å². The molecule has 1 saturated carbocycles. The third-order valence-corrected chi connectivity index (χ3v) is 7.99. The van der Waals surface area contributed by atoms with Gasteiger partial charge >= 0.3 is 0 Å². The van der Waals surface area contributed by atoms with E-state index >= 15 is 0 Å². The minimum atomic E-state index is -3.03. The monoisotopic (exact) mass is 421 g/mol. The summed E-state index contributed by atoms with van der Waals surface area (Å²) in [5.74, 6) is 0.412. The lowest BCUT2D eigenvalue weighted by Gasteiger charge is -2.28. The average molecular weight is 422 g/mol. The van der Waals surface area contributed by atoms with Gasteiger partial charge in [-0.05, 0) is 66.8 Å². The van der Waals surface area contributed by atoms with E-state index in [1.54, 1.807) is 4.68 Å². The van der Waals surface area contributed by atoms with Gasteiger partial charge in [-0.1, -0.05) is 17.8 Å². The van der Waals surface area contributed by atoms with Gasteiger partial charge in [0.25, 0.3) is 0 Å². The Bertz CT molecular complexity index is 1000. The first-order valence-electron chi connectivity index (χ1n) is 9.34. The van der Waals surface area contributed by atoms with Crippen molar-refractivity contribution in [2.24, 2.45) is 0 Å². The van der Waals surface area contributed by atoms with E-state index in [9.17, 15) is 13.2 Å². The molecule has 0 N–H and O–H groups in total. The standard InChI is InChI=1S/C18H23N5O3S2/c1-12-3-4-15(9-13(12)2)23-18(19-20-21-23)27-10-17(24)22(14-5-6-14)16-7-8-28(25,26)11-16/h3-4,9,14,16H,5-8,10-11H2,1-2H3/t16-/m0/s1. The van der Waals surface area contributed by atoms with Gasteiger partial charge in [-0.3, -0.25) is 4.79 Å². The molecule has 2 aromatic rings. The molecule has 2 heterocycles. The Hall–Kier alpha value is -1.94. The molecule has 8 nitrogen and oxygen atoms in total. The van der Waals surface area contributed by atoms with Crippen LogP contribution in [0.2, 0.25) is 0 Å². The van der Waals surface area contributed by atoms with Crippen LogP contribution in [-0.4, -0.2) is 68.8 Å². The molecule has 10 heteroatoms. The number of aromatic nitrogens is 4. The van der Waals surface area contributed by atoms with Crippen molar-refractivity contribution in [1.82, 2.24) is 25.1 Å². The van der Waals surface area contributed by atoms with Gasteiger partial charge in [0, 0.05) is 12.1 Å². The van der Waals surface area contributed by atoms with Gasteiger partial charge in [-0.25, -0.2) is 8.42 Å². The molecule has 4 rings (SSSR count). The second kappa shape index (κ2) is 7.47. The fourth-order valence-corrected chi connectivity index (χ4v) is 6.01. The van der Waals surface area contributed by atoms with Crippen molar-refractivity contribution >= 4 is 27.5 Å². The van der Waals surface area contributed by atoms with Crippen molar-refractivity contribution in [1.29, 1.82) is 0 Å². The quantitative estimate of drug-likeness (QED) is 0.653. The topological polar surface area (TPSA) is 98.1 Å². The molecular weight excluding hydrogens is 398 g/mol. The number of hydrogen-bond donors (Lipinski definition) is 0. The number of tetrazole rings is 1. The highest BCUT2D eigenvalue weighted by Crippen LogP contribution is 2.33. The fourth-order valence-electron chi connectivity index (χ4n) is 3.54. The summed E-state index contributed by atoms with van der Waals surface area (Å²) in [4.78, 5) is 14.7. The Labute approximate surface area is 168 Å². The molecule has 150 valence electrons. The SMILES string of the molecule is Cc1ccc(-n2nnnc2SCC(=O)N(C2CC2)[C@H]2CCS(=O)(=O)C2)cc1C. The predicted molar refractivity (Wildman–Crippen MR) is 106 cm³/mol. The lowest BCUT2D eigenvalue weighted by Crippen LogP contribution is -2.43. The van der Waals surface area contributed by atoms with Crippen LogP contribution in [0.3, 0.4) is 0 Å². The molecular formula is C18H23N5O3S2. The number of carbonyl (C=O) groups excluding carboxylic acids is 1. The summed E-state index contributed by atoms with van der Waals surface area (Å²) in [7, 11) is -3.03. The van der Waals surface area contributed by atoms with Gasteiger partial charge < -0.3 is 4.90 Å². The Morgan fingerprint density at radius 1 is 1.21 bits per heavy atom. The van der Waals surface area contributed by atoms with Gasteiger partial charge in [0.1, 0.15) is 0 Å². The molecule has 1 aromatic carbocycles. The van der Waals surface area contributed by atoms with Gasteiger partial charge in [0.2, 0.25) is 11.1 Å². The molecule has 1 saturated heterocycles. The number of hydrogen-bond acceptors (Lipinski definition) is 7. The molecule has 0 bridgehead atoms. The number of benzene rings is 1. The fraction of sp³-hybridized carbons (Fsp3) is 0.556. The zero-order valence-electron chi connectivity index (χ0n) is 15.9. The maximum absolute atomic E-state index is 12.9. The first-order chi connectivity index (χ1) is 13.3. The highest BCUT2D eigenvalue weighted by atomic mass is 32.2. The van der Waals surface area contributed by atoms with Gasteiger partial charge in [0.15, 0.2) is 9.84 Å². The second-order valence-corrected chi connectivity index (χ2v) is 10.7. The van der Waals surface area contributed by atoms with E-state index < -0.39 is 9.84 Å². The van der Waals surface area contributed by atoms with Crippen LogP contribution in [0.15, 0.2) is 23.4 Å². The molecule has 1 amide bonds. The number of thioether (sulfide) groups is 1. The maximum Gasteiger partial charge on any atom is 0.233 e. The van der Waals surface area contributed by atoms with Crippen LogP contribution in [0, 0.1) is 13.8 Å². The van der Waals surface area contributed by atoms with Crippen molar-refractivity contribution in [3.63, 3.8) is 0 Å². The highest BCUT2D eigenvalue weighted by molar-refractivity contribution is 7.99. The largest absolute Gasteiger partial charge is 0.335 e. The second-order valence-electron chi connectivity index (χ2n) is 7.52. The summed E-state index contributed by atoms with van der Waals surface area (Å²) in [6.45, 7) is 4.07. The molecule has 1 aromatic heterocycles. The van der Waals surface area contributed by atoms with Gasteiger partial charge in [-0.15, -0.1) is 5.10 Å². The first kappa shape index (κ1) is 19.4. The number of rotatable bonds is 6. The molecule has 0 spiro atoms. The minimum Gasteiger partial charge on any atom is -0.335 e. The third-order valence-electron chi connectivity index (χ3n) is 5.33. The predicted octanol–water partition coefficient (Wildman–Crippen LogP) is 1.55. The molecule has 0 radical (unpaired) electrons. The summed E-state index contributed by atoms with van der Waals surface area (Å²) in [5.41, 5.74) is 3.18. The summed E-state index contributed by atoms with van der Waals surface area (Å²) in [6, 6.07) is 5.96. The van der Waals surface area contributed by atoms with Crippen molar-refractivity contribution in [2.45, 2.75) is 50.4 Å². The Morgan fingerprint density at radius 3 is 2.64 bits per heavy atom. The van der Waals surface area contributed by atoms with Crippen LogP contribution in [-0.2, 0) is 14.6 Å². The molecule has 1 aliphatic carbocycles. The summed E-state index contributed by atoms with van der Waals surface area (Å²) in [6.07, 6.45) is 2.44. The van der Waals surface area contributed by atoms with Crippen molar-refractivity contribution in [2.75, 3.05) is 17.3 Å². The van der Waals surface area contributed by atoms with Crippen LogP contribution in [0.1, 0.15) is 30.4 Å². The van der Waals surface area contributed by atoms with Crippen LogP contribution in [0.5, 0.6) is 0 Å². The van der Waals surface area contributed by atoms with E-state index in [0.29, 0.717) is 11.6 Å². The zero-order valence-corrected chi connectivity index (χ0v) is 17.5. The van der Waals surface area contributed by atoms with Gasteiger partial charge in [-0.2, -0.15) is 4.68 Å². The Morgan fingerprint density at radius 2 is 2.00 bits per heavy atom.